The third kappa shape index (κ3) is 3.33. The van der Waals surface area contributed by atoms with Gasteiger partial charge in [-0.2, -0.15) is 0 Å². The quantitative estimate of drug-likeness (QED) is 0.440. The molecule has 4 aromatic rings. The van der Waals surface area contributed by atoms with Crippen LogP contribution in [0.5, 0.6) is 0 Å². The molecule has 0 saturated carbocycles. The second-order valence-corrected chi connectivity index (χ2v) is 7.17. The van der Waals surface area contributed by atoms with Gasteiger partial charge >= 0.3 is 5.97 Å². The minimum absolute atomic E-state index is 0.126. The van der Waals surface area contributed by atoms with Crippen LogP contribution in [0.2, 0.25) is 0 Å². The van der Waals surface area contributed by atoms with Crippen LogP contribution in [0.25, 0.3) is 33.7 Å². The zero-order chi connectivity index (χ0) is 21.5. The van der Waals surface area contributed by atoms with E-state index in [9.17, 15) is 14.0 Å². The largest absolute Gasteiger partial charge is 0.461 e. The van der Waals surface area contributed by atoms with E-state index in [2.05, 4.69) is 25.3 Å². The third-order valence-electron chi connectivity index (χ3n) is 5.18. The highest BCUT2D eigenvalue weighted by atomic mass is 19.1. The van der Waals surface area contributed by atoms with E-state index in [1.807, 2.05) is 0 Å². The van der Waals surface area contributed by atoms with Gasteiger partial charge in [0.15, 0.2) is 5.82 Å². The molecule has 0 atom stereocenters. The number of H-pyrrole nitrogens is 2. The predicted molar refractivity (Wildman–Crippen MR) is 111 cm³/mol. The van der Waals surface area contributed by atoms with E-state index < -0.39 is 11.8 Å². The van der Waals surface area contributed by atoms with E-state index in [0.717, 1.165) is 5.69 Å². The number of hydrogen-bond acceptors (Lipinski definition) is 5. The average molecular weight is 419 g/mol. The Balaban J connectivity index is 1.54. The molecule has 0 spiro atoms. The first-order valence-electron chi connectivity index (χ1n) is 9.86. The number of aromatic amines is 2. The lowest BCUT2D eigenvalue weighted by Crippen LogP contribution is -2.31. The zero-order valence-corrected chi connectivity index (χ0v) is 16.6. The number of nitrogens with zero attached hydrogens (tertiary/aromatic N) is 2. The molecule has 0 bridgehead atoms. The van der Waals surface area contributed by atoms with E-state index in [-0.39, 0.29) is 29.6 Å². The molecule has 1 amide bonds. The van der Waals surface area contributed by atoms with Gasteiger partial charge in [-0.3, -0.25) is 4.79 Å². The van der Waals surface area contributed by atoms with Gasteiger partial charge in [-0.1, -0.05) is 0 Å². The molecule has 1 aromatic carbocycles. The Kier molecular flexibility index (Phi) is 4.50. The number of amides is 1. The molecule has 9 heteroatoms. The van der Waals surface area contributed by atoms with Gasteiger partial charge in [-0.15, -0.1) is 0 Å². The summed E-state index contributed by atoms with van der Waals surface area (Å²) in [5.41, 5.74) is 3.66. The monoisotopic (exact) mass is 419 g/mol. The van der Waals surface area contributed by atoms with Crippen LogP contribution < -0.4 is 5.32 Å². The number of benzene rings is 1. The van der Waals surface area contributed by atoms with Crippen molar-refractivity contribution in [3.63, 3.8) is 0 Å². The topological polar surface area (TPSA) is 113 Å². The van der Waals surface area contributed by atoms with Crippen molar-refractivity contribution in [1.82, 2.24) is 25.3 Å². The Hall–Kier alpha value is -4.01. The molecule has 31 heavy (non-hydrogen) atoms. The van der Waals surface area contributed by atoms with Crippen molar-refractivity contribution >= 4 is 22.8 Å². The molecule has 1 aliphatic rings. The lowest BCUT2D eigenvalue weighted by atomic mass is 10.1. The van der Waals surface area contributed by atoms with Crippen molar-refractivity contribution in [3.05, 3.63) is 59.3 Å². The van der Waals surface area contributed by atoms with Gasteiger partial charge < -0.3 is 20.0 Å². The minimum Gasteiger partial charge on any atom is -0.461 e. The van der Waals surface area contributed by atoms with Crippen molar-refractivity contribution in [3.8, 4) is 22.8 Å². The van der Waals surface area contributed by atoms with Crippen LogP contribution in [0, 0.1) is 5.82 Å². The lowest BCUT2D eigenvalue weighted by Gasteiger charge is -2.10. The molecule has 3 aromatic heterocycles. The van der Waals surface area contributed by atoms with Gasteiger partial charge in [0.25, 0.3) is 5.91 Å². The summed E-state index contributed by atoms with van der Waals surface area (Å²) in [5.74, 6) is -0.942. The van der Waals surface area contributed by atoms with E-state index in [1.165, 1.54) is 6.07 Å². The SMILES string of the molecule is CCOC(=O)c1cc2cc(F)c(-c3nccc(-c4cc5c([nH]4)CCNC5=O)n3)cc2[nH]1. The molecule has 156 valence electrons. The molecule has 1 aliphatic heterocycles. The maximum Gasteiger partial charge on any atom is 0.354 e. The van der Waals surface area contributed by atoms with E-state index in [4.69, 9.17) is 4.74 Å². The standard InChI is InChI=1S/C22H18FN5O3/c1-2-31-22(30)19-8-11-7-14(23)12(9-17(11)27-19)20-24-5-4-16(28-20)18-10-13-15(26-18)3-6-25-21(13)29/h4-5,7-10,26-27H,2-3,6H2,1H3,(H,25,29). The highest BCUT2D eigenvalue weighted by Gasteiger charge is 2.21. The normalized spacial score (nSPS) is 13.2. The number of carbonyl (C=O) groups excluding carboxylic acids is 2. The van der Waals surface area contributed by atoms with Crippen molar-refractivity contribution < 1.29 is 18.7 Å². The number of nitrogens with one attached hydrogen (secondary N) is 3. The fourth-order valence-electron chi connectivity index (χ4n) is 3.71. The van der Waals surface area contributed by atoms with E-state index >= 15 is 0 Å². The van der Waals surface area contributed by atoms with Crippen molar-refractivity contribution in [2.45, 2.75) is 13.3 Å². The van der Waals surface area contributed by atoms with Gasteiger partial charge in [0.1, 0.15) is 11.5 Å². The number of carbonyl (C=O) groups is 2. The van der Waals surface area contributed by atoms with Gasteiger partial charge in [-0.25, -0.2) is 19.2 Å². The van der Waals surface area contributed by atoms with Crippen LogP contribution in [0.15, 0.2) is 36.5 Å². The first-order chi connectivity index (χ1) is 15.0. The summed E-state index contributed by atoms with van der Waals surface area (Å²) in [4.78, 5) is 38.9. The van der Waals surface area contributed by atoms with Crippen LogP contribution in [-0.2, 0) is 11.2 Å². The Morgan fingerprint density at radius 3 is 2.87 bits per heavy atom. The average Bonchev–Trinajstić information content (AvgIpc) is 3.38. The summed E-state index contributed by atoms with van der Waals surface area (Å²) < 4.78 is 19.9. The van der Waals surface area contributed by atoms with Crippen LogP contribution in [0.4, 0.5) is 4.39 Å². The smallest absolute Gasteiger partial charge is 0.354 e. The maximum atomic E-state index is 14.9. The number of ether oxygens (including phenoxy) is 1. The molecular formula is C22H18FN5O3. The molecule has 5 rings (SSSR count). The van der Waals surface area contributed by atoms with Crippen LogP contribution >= 0.6 is 0 Å². The number of hydrogen-bond donors (Lipinski definition) is 3. The second-order valence-electron chi connectivity index (χ2n) is 7.17. The van der Waals surface area contributed by atoms with Gasteiger partial charge in [0.2, 0.25) is 0 Å². The summed E-state index contributed by atoms with van der Waals surface area (Å²) >= 11 is 0. The molecule has 4 heterocycles. The number of esters is 1. The molecule has 8 nitrogen and oxygen atoms in total. The first kappa shape index (κ1) is 19.0. The first-order valence-corrected chi connectivity index (χ1v) is 9.86. The number of halogens is 1. The van der Waals surface area contributed by atoms with E-state index in [0.29, 0.717) is 40.8 Å². The summed E-state index contributed by atoms with van der Waals surface area (Å²) in [6, 6.07) is 7.89. The highest BCUT2D eigenvalue weighted by molar-refractivity contribution is 5.98. The fourth-order valence-corrected chi connectivity index (χ4v) is 3.71. The summed E-state index contributed by atoms with van der Waals surface area (Å²) in [5, 5.41) is 3.35. The lowest BCUT2D eigenvalue weighted by molar-refractivity contribution is 0.0520. The summed E-state index contributed by atoms with van der Waals surface area (Å²) in [6.45, 7) is 2.55. The summed E-state index contributed by atoms with van der Waals surface area (Å²) in [6.07, 6.45) is 2.25. The van der Waals surface area contributed by atoms with Crippen LogP contribution in [0.3, 0.4) is 0 Å². The van der Waals surface area contributed by atoms with Gasteiger partial charge in [0, 0.05) is 35.8 Å². The number of aromatic nitrogens is 4. The Labute approximate surface area is 175 Å². The molecular weight excluding hydrogens is 401 g/mol. The molecule has 0 unspecified atom stereocenters. The highest BCUT2D eigenvalue weighted by Crippen LogP contribution is 2.28. The summed E-state index contributed by atoms with van der Waals surface area (Å²) in [7, 11) is 0. The number of rotatable bonds is 4. The van der Waals surface area contributed by atoms with E-state index in [1.54, 1.807) is 37.4 Å². The maximum absolute atomic E-state index is 14.9. The minimum atomic E-state index is -0.510. The zero-order valence-electron chi connectivity index (χ0n) is 16.6. The molecule has 0 radical (unpaired) electrons. The van der Waals surface area contributed by atoms with Gasteiger partial charge in [0.05, 0.1) is 29.1 Å². The molecule has 0 aliphatic carbocycles. The van der Waals surface area contributed by atoms with Crippen molar-refractivity contribution in [1.29, 1.82) is 0 Å². The van der Waals surface area contributed by atoms with Crippen LogP contribution in [-0.4, -0.2) is 45.0 Å². The van der Waals surface area contributed by atoms with Crippen molar-refractivity contribution in [2.24, 2.45) is 0 Å². The predicted octanol–water partition coefficient (Wildman–Crippen LogP) is 3.22. The van der Waals surface area contributed by atoms with Gasteiger partial charge in [-0.05, 0) is 37.3 Å². The fraction of sp³-hybridized carbons (Fsp3) is 0.182. The Morgan fingerprint density at radius 2 is 2.06 bits per heavy atom. The number of fused-ring (bicyclic) bond motifs is 2. The Bertz CT molecular complexity index is 1340. The second kappa shape index (κ2) is 7.35. The molecule has 0 saturated heterocycles. The Morgan fingerprint density at radius 1 is 1.19 bits per heavy atom. The third-order valence-corrected chi connectivity index (χ3v) is 5.18. The van der Waals surface area contributed by atoms with Crippen molar-refractivity contribution in [2.75, 3.05) is 13.2 Å². The van der Waals surface area contributed by atoms with Crippen LogP contribution in [0.1, 0.15) is 33.5 Å². The molecule has 3 N–H and O–H groups in total. The molecule has 0 fully saturated rings.